The van der Waals surface area contributed by atoms with Gasteiger partial charge in [0.15, 0.2) is 0 Å². The van der Waals surface area contributed by atoms with Gasteiger partial charge >= 0.3 is 6.03 Å². The number of nitrogens with two attached hydrogens (primary N) is 1. The molecule has 1 aliphatic heterocycles. The van der Waals surface area contributed by atoms with Crippen LogP contribution < -0.4 is 26.8 Å². The number of anilines is 3. The van der Waals surface area contributed by atoms with Crippen LogP contribution in [0.4, 0.5) is 22.1 Å². The van der Waals surface area contributed by atoms with E-state index in [4.69, 9.17) is 11.1 Å². The van der Waals surface area contributed by atoms with E-state index in [9.17, 15) is 9.59 Å². The van der Waals surface area contributed by atoms with Gasteiger partial charge in [-0.3, -0.25) is 25.4 Å². The normalized spacial score (nSPS) is 14.2. The first-order valence-corrected chi connectivity index (χ1v) is 11.0. The van der Waals surface area contributed by atoms with E-state index in [0.29, 0.717) is 17.8 Å². The average Bonchev–Trinajstić information content (AvgIpc) is 2.76. The van der Waals surface area contributed by atoms with Crippen LogP contribution in [-0.4, -0.2) is 59.5 Å². The van der Waals surface area contributed by atoms with Gasteiger partial charge in [-0.05, 0) is 37.9 Å². The molecule has 2 heterocycles. The summed E-state index contributed by atoms with van der Waals surface area (Å²) in [7, 11) is 0. The topological polar surface area (TPSA) is 143 Å². The molecule has 3 rings (SSSR count). The quantitative estimate of drug-likeness (QED) is 0.230. The number of aromatic nitrogens is 2. The summed E-state index contributed by atoms with van der Waals surface area (Å²) < 4.78 is 0. The van der Waals surface area contributed by atoms with Gasteiger partial charge < -0.3 is 16.0 Å². The summed E-state index contributed by atoms with van der Waals surface area (Å²) in [5.74, 6) is 0.361. The molecule has 2 aromatic rings. The Hall–Kier alpha value is -3.40. The summed E-state index contributed by atoms with van der Waals surface area (Å²) in [6.45, 7) is 6.17. The third-order valence-corrected chi connectivity index (χ3v) is 5.54. The molecule has 2 amide bonds. The van der Waals surface area contributed by atoms with Crippen molar-refractivity contribution in [2.45, 2.75) is 32.6 Å². The van der Waals surface area contributed by atoms with E-state index in [1.165, 1.54) is 6.20 Å². The lowest BCUT2D eigenvalue weighted by Crippen LogP contribution is -2.48. The minimum atomic E-state index is -0.466. The number of hydrogen-bond donors (Lipinski definition) is 5. The average molecular weight is 441 g/mol. The Morgan fingerprint density at radius 2 is 1.91 bits per heavy atom. The summed E-state index contributed by atoms with van der Waals surface area (Å²) in [5, 5.41) is 12.6. The molecule has 0 saturated carbocycles. The third-order valence-electron chi connectivity index (χ3n) is 5.54. The predicted octanol–water partition coefficient (Wildman–Crippen LogP) is 2.34. The number of aryl methyl sites for hydroxylation is 1. The van der Waals surface area contributed by atoms with E-state index >= 15 is 0 Å². The zero-order valence-corrected chi connectivity index (χ0v) is 18.5. The maximum atomic E-state index is 12.6. The summed E-state index contributed by atoms with van der Waals surface area (Å²) in [5.41, 5.74) is 7.25. The van der Waals surface area contributed by atoms with Crippen LogP contribution in [0.15, 0.2) is 35.3 Å². The monoisotopic (exact) mass is 440 g/mol. The van der Waals surface area contributed by atoms with Crippen molar-refractivity contribution in [1.29, 1.82) is 5.41 Å². The molecule has 1 aliphatic rings. The Kier molecular flexibility index (Phi) is 8.20. The number of carbonyl (C=O) groups excluding carboxylic acids is 1. The maximum Gasteiger partial charge on any atom is 0.326 e. The lowest BCUT2D eigenvalue weighted by molar-refractivity contribution is 0.252. The highest BCUT2D eigenvalue weighted by atomic mass is 16.2. The van der Waals surface area contributed by atoms with Crippen LogP contribution in [0.5, 0.6) is 0 Å². The number of amidine groups is 1. The van der Waals surface area contributed by atoms with Gasteiger partial charge in [-0.25, -0.2) is 9.78 Å². The number of benzene rings is 1. The summed E-state index contributed by atoms with van der Waals surface area (Å²) in [6, 6.07) is 6.98. The second kappa shape index (κ2) is 11.3. The van der Waals surface area contributed by atoms with Crippen LogP contribution in [0.25, 0.3) is 0 Å². The van der Waals surface area contributed by atoms with Crippen LogP contribution in [0.1, 0.15) is 31.2 Å². The van der Waals surface area contributed by atoms with Crippen LogP contribution in [0, 0.1) is 12.3 Å². The molecule has 6 N–H and O–H groups in total. The molecule has 0 bridgehead atoms. The molecule has 32 heavy (non-hydrogen) atoms. The highest BCUT2D eigenvalue weighted by Crippen LogP contribution is 2.14. The van der Waals surface area contributed by atoms with Crippen molar-refractivity contribution in [3.63, 3.8) is 0 Å². The zero-order valence-electron chi connectivity index (χ0n) is 18.5. The molecule has 10 heteroatoms. The Bertz CT molecular complexity index is 982. The number of rotatable bonds is 9. The number of unbranched alkanes of at least 4 members (excludes halogenated alkanes) is 2. The fourth-order valence-electron chi connectivity index (χ4n) is 3.69. The number of piperazine rings is 1. The number of carbonyl (C=O) groups is 1. The van der Waals surface area contributed by atoms with Crippen molar-refractivity contribution >= 4 is 29.2 Å². The summed E-state index contributed by atoms with van der Waals surface area (Å²) >= 11 is 0. The van der Waals surface area contributed by atoms with Gasteiger partial charge in [-0.2, -0.15) is 0 Å². The van der Waals surface area contributed by atoms with E-state index < -0.39 is 6.03 Å². The fourth-order valence-corrected chi connectivity index (χ4v) is 3.69. The van der Waals surface area contributed by atoms with Gasteiger partial charge in [0.05, 0.1) is 12.0 Å². The number of aromatic amines is 1. The number of H-pyrrole nitrogens is 1. The second-order valence-electron chi connectivity index (χ2n) is 8.00. The maximum absolute atomic E-state index is 12.6. The van der Waals surface area contributed by atoms with Crippen molar-refractivity contribution < 1.29 is 4.79 Å². The van der Waals surface area contributed by atoms with Crippen molar-refractivity contribution in [1.82, 2.24) is 14.9 Å². The highest BCUT2D eigenvalue weighted by Gasteiger charge is 2.19. The Balaban J connectivity index is 1.46. The summed E-state index contributed by atoms with van der Waals surface area (Å²) in [6.07, 6.45) is 5.29. The molecule has 0 radical (unpaired) electrons. The zero-order chi connectivity index (χ0) is 22.9. The lowest BCUT2D eigenvalue weighted by Gasteiger charge is -2.35. The van der Waals surface area contributed by atoms with Crippen molar-refractivity contribution in [3.8, 4) is 0 Å². The van der Waals surface area contributed by atoms with Crippen molar-refractivity contribution in [2.24, 2.45) is 5.73 Å². The molecule has 0 unspecified atom stereocenters. The lowest BCUT2D eigenvalue weighted by atomic mass is 10.1. The fraction of sp³-hybridized carbons (Fsp3) is 0.455. The van der Waals surface area contributed by atoms with Crippen molar-refractivity contribution in [2.75, 3.05) is 48.3 Å². The number of para-hydroxylation sites is 1. The Morgan fingerprint density at radius 1 is 1.16 bits per heavy atom. The number of urea groups is 1. The first kappa shape index (κ1) is 23.3. The van der Waals surface area contributed by atoms with E-state index in [0.717, 1.165) is 57.5 Å². The van der Waals surface area contributed by atoms with Gasteiger partial charge in [0.1, 0.15) is 5.69 Å². The summed E-state index contributed by atoms with van der Waals surface area (Å²) in [4.78, 5) is 36.0. The molecule has 1 saturated heterocycles. The first-order chi connectivity index (χ1) is 15.4. The minimum absolute atomic E-state index is 0.106. The van der Waals surface area contributed by atoms with Gasteiger partial charge in [0.2, 0.25) is 5.95 Å². The van der Waals surface area contributed by atoms with Gasteiger partial charge in [-0.1, -0.05) is 24.6 Å². The molecule has 0 spiro atoms. The van der Waals surface area contributed by atoms with Gasteiger partial charge in [0.25, 0.3) is 5.56 Å². The Morgan fingerprint density at radius 3 is 2.59 bits per heavy atom. The van der Waals surface area contributed by atoms with Crippen LogP contribution in [-0.2, 0) is 0 Å². The van der Waals surface area contributed by atoms with Crippen LogP contribution in [0.2, 0.25) is 0 Å². The molecular formula is C22H32N8O2. The largest absolute Gasteiger partial charge is 0.388 e. The number of nitrogens with one attached hydrogen (secondary N) is 4. The van der Waals surface area contributed by atoms with Crippen LogP contribution >= 0.6 is 0 Å². The molecule has 10 nitrogen and oxygen atoms in total. The van der Waals surface area contributed by atoms with E-state index in [1.807, 2.05) is 30.0 Å². The Labute approximate surface area is 187 Å². The van der Waals surface area contributed by atoms with Crippen molar-refractivity contribution in [3.05, 3.63) is 46.4 Å². The van der Waals surface area contributed by atoms with E-state index in [1.54, 1.807) is 6.07 Å². The molecule has 172 valence electrons. The van der Waals surface area contributed by atoms with E-state index in [-0.39, 0.29) is 17.3 Å². The SMILES string of the molecule is Cc1ccccc1NC(=O)Nc1ncc(N2CCN(CCCCCC(=N)N)CC2)c(=O)[nH]1. The number of nitrogens with zero attached hydrogens (tertiary/aromatic N) is 3. The molecule has 0 atom stereocenters. The van der Waals surface area contributed by atoms with Crippen LogP contribution in [0.3, 0.4) is 0 Å². The van der Waals surface area contributed by atoms with Gasteiger partial charge in [-0.15, -0.1) is 0 Å². The third kappa shape index (κ3) is 6.81. The second-order valence-corrected chi connectivity index (χ2v) is 8.00. The molecule has 0 aliphatic carbocycles. The number of amides is 2. The number of hydrogen-bond acceptors (Lipinski definition) is 6. The van der Waals surface area contributed by atoms with E-state index in [2.05, 4.69) is 25.5 Å². The smallest absolute Gasteiger partial charge is 0.326 e. The molecule has 1 aromatic heterocycles. The highest BCUT2D eigenvalue weighted by molar-refractivity contribution is 5.99. The standard InChI is InChI=1S/C22H32N8O2/c1-16-7-4-5-8-17(16)26-22(32)28-21-25-15-18(20(31)27-21)30-13-11-29(12-14-30)10-6-2-3-9-19(23)24/h4-5,7-8,15H,2-3,6,9-14H2,1H3,(H3,23,24)(H3,25,26,27,28,31,32). The predicted molar refractivity (Wildman–Crippen MR) is 128 cm³/mol. The molecule has 1 fully saturated rings. The minimum Gasteiger partial charge on any atom is -0.388 e. The molecule has 1 aromatic carbocycles. The first-order valence-electron chi connectivity index (χ1n) is 11.0. The van der Waals surface area contributed by atoms with Gasteiger partial charge in [0, 0.05) is 38.3 Å². The molecular weight excluding hydrogens is 408 g/mol.